The van der Waals surface area contributed by atoms with E-state index in [2.05, 4.69) is 36.8 Å². The van der Waals surface area contributed by atoms with Crippen LogP contribution < -0.4 is 15.7 Å². The molecule has 35 heavy (non-hydrogen) atoms. The number of nitriles is 1. The Kier molecular flexibility index (Phi) is 5.65. The number of aliphatic imine (C=N–C) groups is 1. The molecule has 1 aliphatic heterocycles. The van der Waals surface area contributed by atoms with Crippen LogP contribution in [0.2, 0.25) is 0 Å². The van der Waals surface area contributed by atoms with Crippen molar-refractivity contribution in [1.82, 2.24) is 19.7 Å². The minimum Gasteiger partial charge on any atom is -0.857 e. The van der Waals surface area contributed by atoms with Crippen LogP contribution in [-0.2, 0) is 5.41 Å². The summed E-state index contributed by atoms with van der Waals surface area (Å²) in [5.74, 6) is 0.504. The molecule has 10 heteroatoms. The fourth-order valence-electron chi connectivity index (χ4n) is 4.20. The van der Waals surface area contributed by atoms with Crippen molar-refractivity contribution >= 4 is 23.4 Å². The van der Waals surface area contributed by atoms with E-state index in [9.17, 15) is 15.5 Å². The summed E-state index contributed by atoms with van der Waals surface area (Å²) in [6.45, 7) is 6.39. The number of nitrogens with one attached hydrogen (secondary N) is 2. The van der Waals surface area contributed by atoms with Crippen molar-refractivity contribution in [2.24, 2.45) is 4.99 Å². The van der Waals surface area contributed by atoms with Crippen LogP contribution in [0.25, 0.3) is 11.3 Å². The smallest absolute Gasteiger partial charge is 0.228 e. The van der Waals surface area contributed by atoms with Crippen LogP contribution in [0.3, 0.4) is 0 Å². The van der Waals surface area contributed by atoms with E-state index in [-0.39, 0.29) is 24.6 Å². The molecule has 0 amide bonds. The summed E-state index contributed by atoms with van der Waals surface area (Å²) in [6, 6.07) is 9.54. The molecule has 3 heterocycles. The highest BCUT2D eigenvalue weighted by atomic mass is 16.3. The van der Waals surface area contributed by atoms with Gasteiger partial charge in [-0.3, -0.25) is 9.67 Å². The molecule has 1 fully saturated rings. The number of nitrogens with zero attached hydrogens (tertiary/aromatic N) is 6. The Hall–Kier alpha value is -3.97. The van der Waals surface area contributed by atoms with Gasteiger partial charge in [-0.15, -0.1) is 0 Å². The third-order valence-corrected chi connectivity index (χ3v) is 6.40. The summed E-state index contributed by atoms with van der Waals surface area (Å²) in [6.07, 6.45) is 3.54. The molecule has 0 saturated heterocycles. The minimum absolute atomic E-state index is 0.0172. The van der Waals surface area contributed by atoms with Gasteiger partial charge in [0.2, 0.25) is 5.95 Å². The first-order valence-electron chi connectivity index (χ1n) is 11.7. The maximum atomic E-state index is 12.6. The molecule has 1 aliphatic carbocycles. The zero-order valence-electron chi connectivity index (χ0n) is 19.9. The molecule has 0 bridgehead atoms. The first kappa shape index (κ1) is 22.8. The van der Waals surface area contributed by atoms with Crippen molar-refractivity contribution in [3.8, 4) is 17.3 Å². The maximum absolute atomic E-state index is 12.6. The van der Waals surface area contributed by atoms with Crippen LogP contribution in [0.15, 0.2) is 35.5 Å². The first-order valence-corrected chi connectivity index (χ1v) is 11.7. The lowest BCUT2D eigenvalue weighted by molar-refractivity contribution is -0.214. The number of aliphatic hydroxyl groups is 1. The Balaban J connectivity index is 1.47. The third-order valence-electron chi connectivity index (χ3n) is 6.40. The van der Waals surface area contributed by atoms with Crippen LogP contribution >= 0.6 is 0 Å². The van der Waals surface area contributed by atoms with Gasteiger partial charge < -0.3 is 20.8 Å². The van der Waals surface area contributed by atoms with E-state index in [1.54, 1.807) is 29.1 Å². The SMILES string of the molecule is CC(C)n1nc(Nc2nccc(-c3cc(C#N)c4c(c3)[C@@](C)(CO)CN4)n2)cc1C([O-])=NC1CC1. The van der Waals surface area contributed by atoms with Crippen LogP contribution in [0.5, 0.6) is 0 Å². The van der Waals surface area contributed by atoms with E-state index in [0.29, 0.717) is 35.3 Å². The average molecular weight is 472 g/mol. The minimum atomic E-state index is -0.483. The first-order chi connectivity index (χ1) is 16.8. The second-order valence-corrected chi connectivity index (χ2v) is 9.64. The van der Waals surface area contributed by atoms with E-state index < -0.39 is 5.41 Å². The lowest BCUT2D eigenvalue weighted by Crippen LogP contribution is -2.28. The van der Waals surface area contributed by atoms with Gasteiger partial charge >= 0.3 is 0 Å². The fraction of sp³-hybridized carbons (Fsp3) is 0.400. The molecule has 2 aliphatic rings. The third kappa shape index (κ3) is 4.31. The summed E-state index contributed by atoms with van der Waals surface area (Å²) >= 11 is 0. The molecule has 0 spiro atoms. The van der Waals surface area contributed by atoms with Gasteiger partial charge in [-0.05, 0) is 50.5 Å². The number of hydrogen-bond donors (Lipinski definition) is 3. The molecule has 0 radical (unpaired) electrons. The monoisotopic (exact) mass is 471 g/mol. The molecule has 180 valence electrons. The van der Waals surface area contributed by atoms with Crippen LogP contribution in [0, 0.1) is 11.3 Å². The normalized spacial score (nSPS) is 19.4. The van der Waals surface area contributed by atoms with Gasteiger partial charge in [-0.1, -0.05) is 6.92 Å². The molecule has 3 aromatic rings. The number of aliphatic hydroxyl groups excluding tert-OH is 1. The summed E-state index contributed by atoms with van der Waals surface area (Å²) in [5.41, 5.74) is 3.47. The molecule has 0 unspecified atom stereocenters. The van der Waals surface area contributed by atoms with E-state index in [4.69, 9.17) is 0 Å². The topological polar surface area (TPSA) is 147 Å². The maximum Gasteiger partial charge on any atom is 0.228 e. The number of fused-ring (bicyclic) bond motifs is 1. The molecule has 1 atom stereocenters. The van der Waals surface area contributed by atoms with E-state index in [1.807, 2.05) is 26.8 Å². The Morgan fingerprint density at radius 2 is 2.20 bits per heavy atom. The molecule has 3 N–H and O–H groups in total. The highest BCUT2D eigenvalue weighted by Gasteiger charge is 2.36. The standard InChI is InChI=1S/C25H28N8O2/c1-14(2)33-20(23(35)29-17-4-5-17)10-21(32-33)31-24-27-7-6-19(30-24)15-8-16(11-26)22-18(9-15)25(3,13-34)12-28-22/h6-10,14,17,28,34H,4-5,12-13H2,1-3H3,(H,29,35)(H,27,30,31,32)/p-1/t25-/m1/s1. The molecule has 5 rings (SSSR count). The number of anilines is 3. The highest BCUT2D eigenvalue weighted by molar-refractivity contribution is 5.90. The van der Waals surface area contributed by atoms with Crippen molar-refractivity contribution < 1.29 is 10.2 Å². The summed E-state index contributed by atoms with van der Waals surface area (Å²) < 4.78 is 1.66. The van der Waals surface area contributed by atoms with Crippen LogP contribution in [0.1, 0.15) is 56.5 Å². The van der Waals surface area contributed by atoms with Gasteiger partial charge in [0, 0.05) is 47.8 Å². The predicted octanol–water partition coefficient (Wildman–Crippen LogP) is 2.48. The second-order valence-electron chi connectivity index (χ2n) is 9.64. The van der Waals surface area contributed by atoms with Crippen molar-refractivity contribution in [1.29, 1.82) is 5.26 Å². The fourth-order valence-corrected chi connectivity index (χ4v) is 4.20. The molecular formula is C25H27N8O2-. The zero-order valence-corrected chi connectivity index (χ0v) is 19.9. The van der Waals surface area contributed by atoms with Crippen molar-refractivity contribution in [3.63, 3.8) is 0 Å². The van der Waals surface area contributed by atoms with Crippen molar-refractivity contribution in [3.05, 3.63) is 47.3 Å². The second kappa shape index (κ2) is 8.67. The highest BCUT2D eigenvalue weighted by Crippen LogP contribution is 2.41. The van der Waals surface area contributed by atoms with Crippen molar-refractivity contribution in [2.75, 3.05) is 23.8 Å². The van der Waals surface area contributed by atoms with E-state index in [0.717, 1.165) is 29.7 Å². The van der Waals surface area contributed by atoms with Gasteiger partial charge in [0.15, 0.2) is 5.82 Å². The molecule has 10 nitrogen and oxygen atoms in total. The van der Waals surface area contributed by atoms with Gasteiger partial charge in [0.05, 0.1) is 29.2 Å². The number of rotatable bonds is 7. The molecule has 1 saturated carbocycles. The molecule has 1 aromatic carbocycles. The average Bonchev–Trinajstić information content (AvgIpc) is 3.46. The van der Waals surface area contributed by atoms with E-state index >= 15 is 0 Å². The van der Waals surface area contributed by atoms with Gasteiger partial charge in [-0.25, -0.2) is 9.97 Å². The van der Waals surface area contributed by atoms with Gasteiger partial charge in [0.25, 0.3) is 0 Å². The van der Waals surface area contributed by atoms with Crippen molar-refractivity contribution in [2.45, 2.75) is 51.1 Å². The molecular weight excluding hydrogens is 444 g/mol. The predicted molar refractivity (Wildman–Crippen MR) is 131 cm³/mol. The quantitative estimate of drug-likeness (QED) is 0.352. The van der Waals surface area contributed by atoms with Gasteiger partial charge in [0.1, 0.15) is 6.07 Å². The Morgan fingerprint density at radius 3 is 2.89 bits per heavy atom. The summed E-state index contributed by atoms with van der Waals surface area (Å²) in [4.78, 5) is 13.2. The van der Waals surface area contributed by atoms with E-state index in [1.165, 1.54) is 0 Å². The van der Waals surface area contributed by atoms with Crippen LogP contribution in [-0.4, -0.2) is 49.9 Å². The lowest BCUT2D eigenvalue weighted by atomic mass is 9.83. The lowest BCUT2D eigenvalue weighted by Gasteiger charge is -2.21. The van der Waals surface area contributed by atoms with Crippen LogP contribution in [0.4, 0.5) is 17.5 Å². The largest absolute Gasteiger partial charge is 0.857 e. The number of benzene rings is 1. The summed E-state index contributed by atoms with van der Waals surface area (Å²) in [7, 11) is 0. The molecule has 2 aromatic heterocycles. The Bertz CT molecular complexity index is 1350. The summed E-state index contributed by atoms with van der Waals surface area (Å²) in [5, 5.41) is 43.2. The zero-order chi connectivity index (χ0) is 24.7. The Morgan fingerprint density at radius 1 is 1.40 bits per heavy atom. The Labute approximate surface area is 203 Å². The van der Waals surface area contributed by atoms with Gasteiger partial charge in [-0.2, -0.15) is 10.4 Å². The number of aromatic nitrogens is 4. The number of hydrogen-bond acceptors (Lipinski definition) is 9.